The standard InChI is InChI=1S/C24H30N4O3/c1-18-20(24(30)27-13-7-3-8-14-27)16-25-23(26-18)21-12-6-9-15-28(21)22(29)17-31-19-10-4-2-5-11-19/h2,4-5,10-11,16,21H,3,6-9,12-15,17H2,1H3. The van der Waals surface area contributed by atoms with Crippen LogP contribution < -0.4 is 4.74 Å². The summed E-state index contributed by atoms with van der Waals surface area (Å²) in [5, 5.41) is 0. The molecule has 164 valence electrons. The Kier molecular flexibility index (Phi) is 6.79. The second kappa shape index (κ2) is 9.90. The minimum atomic E-state index is -0.182. The fraction of sp³-hybridized carbons (Fsp3) is 0.500. The molecule has 31 heavy (non-hydrogen) atoms. The first-order chi connectivity index (χ1) is 15.1. The third-order valence-corrected chi connectivity index (χ3v) is 6.10. The predicted octanol–water partition coefficient (Wildman–Crippen LogP) is 3.54. The van der Waals surface area contributed by atoms with E-state index in [4.69, 9.17) is 4.74 Å². The third-order valence-electron chi connectivity index (χ3n) is 6.10. The molecule has 3 heterocycles. The van der Waals surface area contributed by atoms with Crippen LogP contribution in [0.4, 0.5) is 0 Å². The van der Waals surface area contributed by atoms with Crippen molar-refractivity contribution in [3.05, 3.63) is 53.6 Å². The Balaban J connectivity index is 1.46. The summed E-state index contributed by atoms with van der Waals surface area (Å²) >= 11 is 0. The van der Waals surface area contributed by atoms with E-state index in [1.165, 1.54) is 6.42 Å². The molecule has 0 saturated carbocycles. The number of likely N-dealkylation sites (tertiary alicyclic amines) is 2. The molecule has 1 atom stereocenters. The highest BCUT2D eigenvalue weighted by Crippen LogP contribution is 2.29. The summed E-state index contributed by atoms with van der Waals surface area (Å²) < 4.78 is 5.66. The van der Waals surface area contributed by atoms with E-state index in [-0.39, 0.29) is 24.5 Å². The van der Waals surface area contributed by atoms with Crippen molar-refractivity contribution in [2.75, 3.05) is 26.2 Å². The molecule has 2 saturated heterocycles. The molecule has 1 aromatic heterocycles. The maximum absolute atomic E-state index is 12.9. The number of hydrogen-bond acceptors (Lipinski definition) is 5. The molecule has 7 nitrogen and oxygen atoms in total. The summed E-state index contributed by atoms with van der Waals surface area (Å²) in [6.07, 6.45) is 7.71. The van der Waals surface area contributed by atoms with Crippen molar-refractivity contribution in [3.63, 3.8) is 0 Å². The molecular formula is C24H30N4O3. The first kappa shape index (κ1) is 21.3. The number of aromatic nitrogens is 2. The number of carbonyl (C=O) groups excluding carboxylic acids is 2. The molecule has 1 unspecified atom stereocenters. The Morgan fingerprint density at radius 2 is 1.77 bits per heavy atom. The second-order valence-corrected chi connectivity index (χ2v) is 8.28. The van der Waals surface area contributed by atoms with E-state index in [9.17, 15) is 9.59 Å². The SMILES string of the molecule is Cc1nc(C2CCCCN2C(=O)COc2ccccc2)ncc1C(=O)N1CCCCC1. The van der Waals surface area contributed by atoms with Gasteiger partial charge in [-0.1, -0.05) is 18.2 Å². The molecule has 2 aliphatic heterocycles. The van der Waals surface area contributed by atoms with Gasteiger partial charge in [0.05, 0.1) is 17.3 Å². The van der Waals surface area contributed by atoms with Crippen LogP contribution in [-0.4, -0.2) is 57.8 Å². The van der Waals surface area contributed by atoms with Crippen LogP contribution in [0.25, 0.3) is 0 Å². The summed E-state index contributed by atoms with van der Waals surface area (Å²) in [5.41, 5.74) is 1.24. The van der Waals surface area contributed by atoms with Crippen LogP contribution in [0.3, 0.4) is 0 Å². The average Bonchev–Trinajstić information content (AvgIpc) is 2.83. The number of rotatable bonds is 5. The number of ether oxygens (including phenoxy) is 1. The molecule has 2 fully saturated rings. The van der Waals surface area contributed by atoms with Crippen LogP contribution in [0.15, 0.2) is 36.5 Å². The number of nitrogens with zero attached hydrogens (tertiary/aromatic N) is 4. The fourth-order valence-corrected chi connectivity index (χ4v) is 4.37. The number of aryl methyl sites for hydroxylation is 1. The Bertz CT molecular complexity index is 912. The summed E-state index contributed by atoms with van der Waals surface area (Å²) in [4.78, 5) is 38.7. The van der Waals surface area contributed by atoms with E-state index >= 15 is 0 Å². The molecule has 7 heteroatoms. The first-order valence-electron chi connectivity index (χ1n) is 11.2. The molecule has 2 aromatic rings. The number of piperidine rings is 2. The van der Waals surface area contributed by atoms with E-state index in [1.54, 1.807) is 6.20 Å². The number of para-hydroxylation sites is 1. The maximum atomic E-state index is 12.9. The highest BCUT2D eigenvalue weighted by atomic mass is 16.5. The zero-order valence-corrected chi connectivity index (χ0v) is 18.1. The molecular weight excluding hydrogens is 392 g/mol. The van der Waals surface area contributed by atoms with Crippen molar-refractivity contribution < 1.29 is 14.3 Å². The van der Waals surface area contributed by atoms with E-state index in [0.717, 1.165) is 45.2 Å². The van der Waals surface area contributed by atoms with Gasteiger partial charge in [-0.05, 0) is 57.6 Å². The van der Waals surface area contributed by atoms with E-state index < -0.39 is 0 Å². The first-order valence-corrected chi connectivity index (χ1v) is 11.2. The van der Waals surface area contributed by atoms with E-state index in [1.807, 2.05) is 47.1 Å². The van der Waals surface area contributed by atoms with Crippen LogP contribution >= 0.6 is 0 Å². The highest BCUT2D eigenvalue weighted by molar-refractivity contribution is 5.95. The summed E-state index contributed by atoms with van der Waals surface area (Å²) in [5.74, 6) is 1.23. The largest absolute Gasteiger partial charge is 0.484 e. The van der Waals surface area contributed by atoms with Gasteiger partial charge in [-0.25, -0.2) is 9.97 Å². The molecule has 0 spiro atoms. The molecule has 0 N–H and O–H groups in total. The zero-order chi connectivity index (χ0) is 21.6. The predicted molar refractivity (Wildman–Crippen MR) is 117 cm³/mol. The van der Waals surface area contributed by atoms with Crippen molar-refractivity contribution in [2.45, 2.75) is 51.5 Å². The van der Waals surface area contributed by atoms with Crippen LogP contribution in [0.5, 0.6) is 5.75 Å². The van der Waals surface area contributed by atoms with Gasteiger partial charge in [0.25, 0.3) is 11.8 Å². The number of amides is 2. The number of hydrogen-bond donors (Lipinski definition) is 0. The van der Waals surface area contributed by atoms with E-state index in [0.29, 0.717) is 29.4 Å². The molecule has 2 amide bonds. The van der Waals surface area contributed by atoms with Gasteiger partial charge in [0.1, 0.15) is 5.75 Å². The quantitative estimate of drug-likeness (QED) is 0.737. The van der Waals surface area contributed by atoms with Gasteiger partial charge in [-0.2, -0.15) is 0 Å². The smallest absolute Gasteiger partial charge is 0.261 e. The lowest BCUT2D eigenvalue weighted by atomic mass is 10.0. The van der Waals surface area contributed by atoms with E-state index in [2.05, 4.69) is 9.97 Å². The van der Waals surface area contributed by atoms with Gasteiger partial charge < -0.3 is 14.5 Å². The zero-order valence-electron chi connectivity index (χ0n) is 18.1. The van der Waals surface area contributed by atoms with Crippen molar-refractivity contribution in [3.8, 4) is 5.75 Å². The Morgan fingerprint density at radius 3 is 2.52 bits per heavy atom. The van der Waals surface area contributed by atoms with Gasteiger partial charge in [0.2, 0.25) is 0 Å². The lowest BCUT2D eigenvalue weighted by Gasteiger charge is -2.35. The van der Waals surface area contributed by atoms with Crippen LogP contribution in [-0.2, 0) is 4.79 Å². The van der Waals surface area contributed by atoms with Crippen LogP contribution in [0.2, 0.25) is 0 Å². The highest BCUT2D eigenvalue weighted by Gasteiger charge is 2.31. The summed E-state index contributed by atoms with van der Waals surface area (Å²) in [6, 6.07) is 9.17. The lowest BCUT2D eigenvalue weighted by molar-refractivity contribution is -0.137. The maximum Gasteiger partial charge on any atom is 0.261 e. The minimum absolute atomic E-state index is 0.00890. The minimum Gasteiger partial charge on any atom is -0.484 e. The number of carbonyl (C=O) groups is 2. The van der Waals surface area contributed by atoms with Gasteiger partial charge >= 0.3 is 0 Å². The van der Waals surface area contributed by atoms with Crippen molar-refractivity contribution >= 4 is 11.8 Å². The monoisotopic (exact) mass is 422 g/mol. The Hall–Kier alpha value is -2.96. The van der Waals surface area contributed by atoms with Gasteiger partial charge in [0.15, 0.2) is 12.4 Å². The third kappa shape index (κ3) is 5.03. The van der Waals surface area contributed by atoms with Crippen molar-refractivity contribution in [1.82, 2.24) is 19.8 Å². The molecule has 2 aliphatic rings. The van der Waals surface area contributed by atoms with Crippen LogP contribution in [0.1, 0.15) is 66.4 Å². The van der Waals surface area contributed by atoms with Gasteiger partial charge in [0, 0.05) is 25.8 Å². The number of benzene rings is 1. The molecule has 4 rings (SSSR count). The molecule has 0 radical (unpaired) electrons. The Morgan fingerprint density at radius 1 is 1.03 bits per heavy atom. The van der Waals surface area contributed by atoms with Crippen LogP contribution in [0, 0.1) is 6.92 Å². The normalized spacial score (nSPS) is 19.2. The fourth-order valence-electron chi connectivity index (χ4n) is 4.37. The van der Waals surface area contributed by atoms with Crippen molar-refractivity contribution in [2.24, 2.45) is 0 Å². The topological polar surface area (TPSA) is 75.6 Å². The van der Waals surface area contributed by atoms with Gasteiger partial charge in [-0.3, -0.25) is 9.59 Å². The molecule has 1 aromatic carbocycles. The molecule has 0 aliphatic carbocycles. The summed E-state index contributed by atoms with van der Waals surface area (Å²) in [6.45, 7) is 4.11. The molecule has 0 bridgehead atoms. The second-order valence-electron chi connectivity index (χ2n) is 8.28. The van der Waals surface area contributed by atoms with Gasteiger partial charge in [-0.15, -0.1) is 0 Å². The van der Waals surface area contributed by atoms with Crippen molar-refractivity contribution in [1.29, 1.82) is 0 Å². The average molecular weight is 423 g/mol. The summed E-state index contributed by atoms with van der Waals surface area (Å²) in [7, 11) is 0. The Labute approximate surface area is 183 Å². The lowest BCUT2D eigenvalue weighted by Crippen LogP contribution is -2.42.